The number of pyridine rings is 1. The Balaban J connectivity index is 0.000000200. The van der Waals surface area contributed by atoms with Gasteiger partial charge in [0.1, 0.15) is 17.9 Å². The number of amides is 1. The van der Waals surface area contributed by atoms with E-state index in [0.29, 0.717) is 34.5 Å². The van der Waals surface area contributed by atoms with Crippen LogP contribution in [0.5, 0.6) is 0 Å². The van der Waals surface area contributed by atoms with E-state index in [-0.39, 0.29) is 23.8 Å². The van der Waals surface area contributed by atoms with Crippen molar-refractivity contribution in [2.75, 3.05) is 63.7 Å². The number of halogens is 2. The summed E-state index contributed by atoms with van der Waals surface area (Å²) in [5, 5.41) is 6.78. The van der Waals surface area contributed by atoms with Crippen LogP contribution in [0.1, 0.15) is 54.3 Å². The van der Waals surface area contributed by atoms with E-state index in [2.05, 4.69) is 42.4 Å². The van der Waals surface area contributed by atoms with Gasteiger partial charge in [-0.15, -0.1) is 0 Å². The molecule has 2 saturated heterocycles. The van der Waals surface area contributed by atoms with E-state index in [0.717, 1.165) is 75.5 Å². The standard InChI is InChI=1S/C20H21ClN4O3.C13H21FN4/c1-12(11-26)25-10-14-3-2-13(8-16(14)19(25)27)18-17(21)9-22-20(24-18)23-15-4-6-28-7-5-15;1-10(15-2)13-11(14)4-5-12(16-13)18-8-6-17(3)7-9-18/h2-3,8-9,11-12,15H,4-7,10H2,1H3,(H,22,23,24);4-5,10,15H,6-9H2,1-3H3. The Bertz CT molecular complexity index is 1530. The summed E-state index contributed by atoms with van der Waals surface area (Å²) in [5.41, 5.74) is 3.29. The number of carbonyl (C=O) groups is 2. The van der Waals surface area contributed by atoms with Crippen LogP contribution in [-0.2, 0) is 16.1 Å². The summed E-state index contributed by atoms with van der Waals surface area (Å²) in [5.74, 6) is 0.993. The fourth-order valence-electron chi connectivity index (χ4n) is 5.64. The first-order valence-corrected chi connectivity index (χ1v) is 16.1. The second-order valence-electron chi connectivity index (χ2n) is 11.9. The van der Waals surface area contributed by atoms with E-state index in [9.17, 15) is 14.0 Å². The number of anilines is 2. The number of ether oxygens (including phenoxy) is 1. The molecule has 0 spiro atoms. The van der Waals surface area contributed by atoms with Crippen LogP contribution in [0.25, 0.3) is 11.3 Å². The summed E-state index contributed by atoms with van der Waals surface area (Å²) in [7, 11) is 3.93. The third-order valence-corrected chi connectivity index (χ3v) is 9.01. The Morgan fingerprint density at radius 3 is 2.52 bits per heavy atom. The molecule has 3 aliphatic rings. The van der Waals surface area contributed by atoms with E-state index in [1.807, 2.05) is 26.1 Å². The minimum absolute atomic E-state index is 0.0718. The minimum Gasteiger partial charge on any atom is -0.381 e. The topological polar surface area (TPSA) is 116 Å². The van der Waals surface area contributed by atoms with Gasteiger partial charge in [-0.2, -0.15) is 0 Å². The molecule has 46 heavy (non-hydrogen) atoms. The second-order valence-corrected chi connectivity index (χ2v) is 12.3. The summed E-state index contributed by atoms with van der Waals surface area (Å²) in [4.78, 5) is 43.1. The molecular formula is C33H42ClFN8O3. The predicted octanol–water partition coefficient (Wildman–Crippen LogP) is 4.18. The number of piperazine rings is 1. The molecule has 246 valence electrons. The van der Waals surface area contributed by atoms with Crippen molar-refractivity contribution in [1.29, 1.82) is 0 Å². The van der Waals surface area contributed by atoms with Gasteiger partial charge in [0.05, 0.1) is 28.6 Å². The molecule has 2 atom stereocenters. The van der Waals surface area contributed by atoms with E-state index in [4.69, 9.17) is 16.3 Å². The number of nitrogens with zero attached hydrogens (tertiary/aromatic N) is 6. The maximum absolute atomic E-state index is 13.7. The van der Waals surface area contributed by atoms with Crippen LogP contribution in [0.3, 0.4) is 0 Å². The van der Waals surface area contributed by atoms with Crippen molar-refractivity contribution >= 4 is 35.6 Å². The number of rotatable bonds is 8. The first kappa shape index (κ1) is 33.6. The van der Waals surface area contributed by atoms with Gasteiger partial charge in [-0.05, 0) is 64.5 Å². The lowest BCUT2D eigenvalue weighted by atomic mass is 10.0. The largest absolute Gasteiger partial charge is 0.381 e. The molecule has 0 saturated carbocycles. The van der Waals surface area contributed by atoms with Crippen LogP contribution >= 0.6 is 11.6 Å². The van der Waals surface area contributed by atoms with Crippen LogP contribution in [-0.4, -0.2) is 103 Å². The lowest BCUT2D eigenvalue weighted by Crippen LogP contribution is -2.45. The normalized spacial score (nSPS) is 18.4. The summed E-state index contributed by atoms with van der Waals surface area (Å²) in [6, 6.07) is 8.61. The van der Waals surface area contributed by atoms with Gasteiger partial charge in [0.25, 0.3) is 5.91 Å². The summed E-state index contributed by atoms with van der Waals surface area (Å²) in [6.45, 7) is 9.45. The molecule has 2 aromatic heterocycles. The first-order valence-electron chi connectivity index (χ1n) is 15.7. The maximum atomic E-state index is 13.7. The van der Waals surface area contributed by atoms with Crippen molar-refractivity contribution in [1.82, 2.24) is 30.1 Å². The number of aromatic nitrogens is 3. The molecule has 5 heterocycles. The molecule has 3 aliphatic heterocycles. The zero-order valence-electron chi connectivity index (χ0n) is 26.8. The highest BCUT2D eigenvalue weighted by molar-refractivity contribution is 6.33. The zero-order chi connectivity index (χ0) is 32.8. The fraction of sp³-hybridized carbons (Fsp3) is 0.485. The SMILES string of the molecule is CC(C=O)N1Cc2ccc(-c3nc(NC4CCOCC4)ncc3Cl)cc2C1=O.CNC(C)c1nc(N2CCN(C)CC2)ccc1F. The molecule has 3 aromatic rings. The van der Waals surface area contributed by atoms with Gasteiger partial charge in [-0.1, -0.05) is 23.7 Å². The summed E-state index contributed by atoms with van der Waals surface area (Å²) < 4.78 is 19.1. The number of hydrogen-bond acceptors (Lipinski definition) is 10. The fourth-order valence-corrected chi connectivity index (χ4v) is 5.84. The number of likely N-dealkylation sites (N-methyl/N-ethyl adjacent to an activating group) is 1. The van der Waals surface area contributed by atoms with Crippen molar-refractivity contribution in [3.63, 3.8) is 0 Å². The van der Waals surface area contributed by atoms with Gasteiger partial charge < -0.3 is 34.9 Å². The third kappa shape index (κ3) is 7.80. The number of fused-ring (bicyclic) bond motifs is 1. The molecule has 2 N–H and O–H groups in total. The quantitative estimate of drug-likeness (QED) is 0.343. The highest BCUT2D eigenvalue weighted by Crippen LogP contribution is 2.32. The monoisotopic (exact) mass is 652 g/mol. The van der Waals surface area contributed by atoms with Gasteiger partial charge in [0.2, 0.25) is 5.95 Å². The molecule has 13 heteroatoms. The van der Waals surface area contributed by atoms with Crippen molar-refractivity contribution in [2.24, 2.45) is 0 Å². The van der Waals surface area contributed by atoms with Gasteiger partial charge in [-0.3, -0.25) is 4.79 Å². The van der Waals surface area contributed by atoms with Crippen molar-refractivity contribution < 1.29 is 18.7 Å². The van der Waals surface area contributed by atoms with Gasteiger partial charge in [0, 0.05) is 69.1 Å². The number of nitrogens with one attached hydrogen (secondary N) is 2. The zero-order valence-corrected chi connectivity index (χ0v) is 27.6. The molecule has 1 aromatic carbocycles. The van der Waals surface area contributed by atoms with Gasteiger partial charge in [-0.25, -0.2) is 19.3 Å². The van der Waals surface area contributed by atoms with Crippen LogP contribution in [0.15, 0.2) is 36.5 Å². The second kappa shape index (κ2) is 15.3. The molecule has 0 bridgehead atoms. The third-order valence-electron chi connectivity index (χ3n) is 8.73. The van der Waals surface area contributed by atoms with E-state index in [1.165, 1.54) is 6.07 Å². The lowest BCUT2D eigenvalue weighted by molar-refractivity contribution is -0.111. The van der Waals surface area contributed by atoms with E-state index < -0.39 is 6.04 Å². The first-order chi connectivity index (χ1) is 22.2. The van der Waals surface area contributed by atoms with Crippen LogP contribution in [0.2, 0.25) is 5.02 Å². The van der Waals surface area contributed by atoms with Crippen molar-refractivity contribution in [2.45, 2.75) is 51.4 Å². The Morgan fingerprint density at radius 2 is 1.83 bits per heavy atom. The Hall–Kier alpha value is -3.71. The molecule has 2 fully saturated rings. The highest BCUT2D eigenvalue weighted by Gasteiger charge is 2.31. The Morgan fingerprint density at radius 1 is 1.09 bits per heavy atom. The van der Waals surface area contributed by atoms with Crippen LogP contribution in [0, 0.1) is 5.82 Å². The van der Waals surface area contributed by atoms with Crippen LogP contribution < -0.4 is 15.5 Å². The summed E-state index contributed by atoms with van der Waals surface area (Å²) in [6.07, 6.45) is 4.15. The molecule has 0 radical (unpaired) electrons. The van der Waals surface area contributed by atoms with Crippen molar-refractivity contribution in [3.8, 4) is 11.3 Å². The molecular weight excluding hydrogens is 611 g/mol. The predicted molar refractivity (Wildman–Crippen MR) is 177 cm³/mol. The van der Waals surface area contributed by atoms with Gasteiger partial charge in [0.15, 0.2) is 0 Å². The van der Waals surface area contributed by atoms with E-state index in [1.54, 1.807) is 30.2 Å². The average molecular weight is 653 g/mol. The number of benzene rings is 1. The smallest absolute Gasteiger partial charge is 0.255 e. The molecule has 0 aliphatic carbocycles. The van der Waals surface area contributed by atoms with Crippen molar-refractivity contribution in [3.05, 3.63) is 64.2 Å². The number of hydrogen-bond donors (Lipinski definition) is 2. The Kier molecular flexibility index (Phi) is 11.2. The Labute approximate surface area is 274 Å². The van der Waals surface area contributed by atoms with E-state index >= 15 is 0 Å². The average Bonchev–Trinajstić information content (AvgIpc) is 3.41. The molecule has 6 rings (SSSR count). The highest BCUT2D eigenvalue weighted by atomic mass is 35.5. The number of carbonyl (C=O) groups excluding carboxylic acids is 2. The maximum Gasteiger partial charge on any atom is 0.255 e. The number of aldehydes is 1. The summed E-state index contributed by atoms with van der Waals surface area (Å²) >= 11 is 6.35. The minimum atomic E-state index is -0.457. The molecule has 2 unspecified atom stereocenters. The van der Waals surface area contributed by atoms with Crippen LogP contribution in [0.4, 0.5) is 16.2 Å². The lowest BCUT2D eigenvalue weighted by Gasteiger charge is -2.33. The molecule has 1 amide bonds. The molecule has 11 nitrogen and oxygen atoms in total. The van der Waals surface area contributed by atoms with Gasteiger partial charge >= 0.3 is 0 Å².